The van der Waals surface area contributed by atoms with E-state index in [2.05, 4.69) is 69.3 Å². The van der Waals surface area contributed by atoms with Gasteiger partial charge in [0, 0.05) is 10.8 Å². The zero-order chi connectivity index (χ0) is 24.0. The lowest BCUT2D eigenvalue weighted by Crippen LogP contribution is -2.41. The van der Waals surface area contributed by atoms with E-state index in [1.165, 1.54) is 0 Å². The van der Waals surface area contributed by atoms with E-state index in [-0.39, 0.29) is 5.41 Å². The van der Waals surface area contributed by atoms with Gasteiger partial charge in [0.15, 0.2) is 17.5 Å². The summed E-state index contributed by atoms with van der Waals surface area (Å²) in [5, 5.41) is 9.33. The molecule has 0 aliphatic carbocycles. The molecule has 0 saturated carbocycles. The van der Waals surface area contributed by atoms with Crippen LogP contribution < -0.4 is 5.45 Å². The minimum atomic E-state index is -1.59. The Hall–Kier alpha value is -3.20. The molecule has 0 radical (unpaired) electrons. The highest BCUT2D eigenvalue weighted by molar-refractivity contribution is 6.87. The second-order valence-electron chi connectivity index (χ2n) is 10.9. The van der Waals surface area contributed by atoms with Crippen LogP contribution in [0, 0.1) is 0 Å². The van der Waals surface area contributed by atoms with Crippen LogP contribution in [0.15, 0.2) is 49.1 Å². The number of rotatable bonds is 5. The molecule has 0 saturated heterocycles. The van der Waals surface area contributed by atoms with Gasteiger partial charge < -0.3 is 0 Å². The fraction of sp³-hybridized carbons (Fsp3) is 0.417. The van der Waals surface area contributed by atoms with Gasteiger partial charge in [-0.2, -0.15) is 5.10 Å². The molecule has 0 atom stereocenters. The second-order valence-corrected chi connectivity index (χ2v) is 15.9. The standard InChI is InChI=1S/C24H32N8Si/c1-23(2,3)21-25-15-31(29-21)19-13-9-11-17(27-19)24(4,5)18-12-10-14-20(28-18)32-16-26-22(30-32)33(6,7)8/h9-16H,1-8H3. The summed E-state index contributed by atoms with van der Waals surface area (Å²) < 4.78 is 3.50. The molecule has 0 N–H and O–H groups in total. The number of hydrogen-bond acceptors (Lipinski definition) is 6. The Labute approximate surface area is 196 Å². The van der Waals surface area contributed by atoms with Crippen LogP contribution in [0.25, 0.3) is 11.6 Å². The lowest BCUT2D eigenvalue weighted by atomic mass is 9.84. The summed E-state index contributed by atoms with van der Waals surface area (Å²) in [6, 6.07) is 12.0. The summed E-state index contributed by atoms with van der Waals surface area (Å²) in [6.07, 6.45) is 3.47. The van der Waals surface area contributed by atoms with E-state index in [4.69, 9.17) is 15.1 Å². The highest BCUT2D eigenvalue weighted by atomic mass is 28.3. The average Bonchev–Trinajstić information content (AvgIpc) is 3.44. The van der Waals surface area contributed by atoms with Crippen LogP contribution in [-0.4, -0.2) is 47.6 Å². The summed E-state index contributed by atoms with van der Waals surface area (Å²) in [4.78, 5) is 18.8. The van der Waals surface area contributed by atoms with Crippen LogP contribution in [0.5, 0.6) is 0 Å². The third-order valence-electron chi connectivity index (χ3n) is 5.54. The molecule has 4 aromatic heterocycles. The third-order valence-corrected chi connectivity index (χ3v) is 7.12. The van der Waals surface area contributed by atoms with Gasteiger partial charge >= 0.3 is 0 Å². The first kappa shape index (κ1) is 23.0. The average molecular weight is 461 g/mol. The zero-order valence-electron chi connectivity index (χ0n) is 20.7. The van der Waals surface area contributed by atoms with Crippen molar-refractivity contribution >= 4 is 13.5 Å². The highest BCUT2D eigenvalue weighted by Crippen LogP contribution is 2.30. The molecule has 0 aliphatic heterocycles. The van der Waals surface area contributed by atoms with Crippen molar-refractivity contribution in [1.29, 1.82) is 0 Å². The zero-order valence-corrected chi connectivity index (χ0v) is 21.7. The van der Waals surface area contributed by atoms with Crippen molar-refractivity contribution in [3.8, 4) is 11.6 Å². The maximum absolute atomic E-state index is 4.93. The number of aromatic nitrogens is 8. The van der Waals surface area contributed by atoms with E-state index in [1.807, 2.05) is 36.4 Å². The quantitative estimate of drug-likeness (QED) is 0.421. The largest absolute Gasteiger partial charge is 0.233 e. The Kier molecular flexibility index (Phi) is 5.56. The normalized spacial score (nSPS) is 12.8. The Balaban J connectivity index is 1.68. The molecule has 0 spiro atoms. The molecule has 4 aromatic rings. The molecular formula is C24H32N8Si. The fourth-order valence-electron chi connectivity index (χ4n) is 3.36. The predicted octanol–water partition coefficient (Wildman–Crippen LogP) is 3.81. The van der Waals surface area contributed by atoms with E-state index in [0.717, 1.165) is 34.3 Å². The Morgan fingerprint density at radius 2 is 1.21 bits per heavy atom. The molecule has 4 rings (SSSR count). The maximum atomic E-state index is 4.93. The fourth-order valence-corrected chi connectivity index (χ4v) is 4.22. The Morgan fingerprint density at radius 3 is 1.67 bits per heavy atom. The first-order valence-electron chi connectivity index (χ1n) is 11.2. The molecule has 0 aromatic carbocycles. The summed E-state index contributed by atoms with van der Waals surface area (Å²) in [6.45, 7) is 17.2. The van der Waals surface area contributed by atoms with Gasteiger partial charge in [-0.05, 0) is 38.1 Å². The summed E-state index contributed by atoms with van der Waals surface area (Å²) in [5.74, 6) is 2.27. The molecule has 33 heavy (non-hydrogen) atoms. The van der Waals surface area contributed by atoms with Gasteiger partial charge in [0.05, 0.1) is 11.4 Å². The highest BCUT2D eigenvalue weighted by Gasteiger charge is 2.28. The molecule has 0 fully saturated rings. The molecule has 0 unspecified atom stereocenters. The topological polar surface area (TPSA) is 87.2 Å². The van der Waals surface area contributed by atoms with Crippen molar-refractivity contribution in [2.45, 2.75) is 65.1 Å². The van der Waals surface area contributed by atoms with Crippen LogP contribution in [0.4, 0.5) is 0 Å². The minimum Gasteiger partial charge on any atom is -0.233 e. The van der Waals surface area contributed by atoms with Crippen LogP contribution in [-0.2, 0) is 10.8 Å². The van der Waals surface area contributed by atoms with E-state index < -0.39 is 13.5 Å². The van der Waals surface area contributed by atoms with Gasteiger partial charge in [-0.1, -0.05) is 52.5 Å². The molecule has 172 valence electrons. The van der Waals surface area contributed by atoms with Crippen LogP contribution in [0.1, 0.15) is 51.8 Å². The van der Waals surface area contributed by atoms with E-state index >= 15 is 0 Å². The molecule has 0 bridgehead atoms. The second kappa shape index (κ2) is 7.98. The van der Waals surface area contributed by atoms with Gasteiger partial charge in [-0.25, -0.2) is 29.3 Å². The Morgan fingerprint density at radius 1 is 0.697 bits per heavy atom. The van der Waals surface area contributed by atoms with Crippen LogP contribution in [0.3, 0.4) is 0 Å². The molecule has 0 amide bonds. The lowest BCUT2D eigenvalue weighted by molar-refractivity contribution is 0.542. The molecule has 8 nitrogen and oxygen atoms in total. The number of hydrogen-bond donors (Lipinski definition) is 0. The first-order valence-corrected chi connectivity index (χ1v) is 14.7. The van der Waals surface area contributed by atoms with Gasteiger partial charge in [0.2, 0.25) is 0 Å². The van der Waals surface area contributed by atoms with Crippen molar-refractivity contribution in [2.24, 2.45) is 0 Å². The van der Waals surface area contributed by atoms with Crippen molar-refractivity contribution in [1.82, 2.24) is 39.5 Å². The smallest absolute Gasteiger partial charge is 0.156 e. The Bertz CT molecular complexity index is 1180. The SMILES string of the molecule is CC(C)(C)c1ncn(-c2cccc(C(C)(C)c3cccc(-n4cnc([Si](C)(C)C)n4)n3)n2)n1. The molecule has 0 aliphatic rings. The van der Waals surface area contributed by atoms with Crippen LogP contribution in [0.2, 0.25) is 19.6 Å². The summed E-state index contributed by atoms with van der Waals surface area (Å²) >= 11 is 0. The van der Waals surface area contributed by atoms with Gasteiger partial charge in [0.25, 0.3) is 0 Å². The van der Waals surface area contributed by atoms with Crippen molar-refractivity contribution in [3.63, 3.8) is 0 Å². The first-order chi connectivity index (χ1) is 15.4. The van der Waals surface area contributed by atoms with Crippen molar-refractivity contribution in [3.05, 3.63) is 66.3 Å². The third kappa shape index (κ3) is 4.63. The summed E-state index contributed by atoms with van der Waals surface area (Å²) in [5.41, 5.74) is 2.18. The molecule has 9 heteroatoms. The van der Waals surface area contributed by atoms with E-state index in [0.29, 0.717) is 0 Å². The molecule has 4 heterocycles. The minimum absolute atomic E-state index is 0.122. The van der Waals surface area contributed by atoms with Crippen molar-refractivity contribution in [2.75, 3.05) is 0 Å². The van der Waals surface area contributed by atoms with Crippen LogP contribution >= 0.6 is 0 Å². The van der Waals surface area contributed by atoms with Crippen molar-refractivity contribution < 1.29 is 0 Å². The predicted molar refractivity (Wildman–Crippen MR) is 132 cm³/mol. The van der Waals surface area contributed by atoms with Gasteiger partial charge in [0.1, 0.15) is 26.2 Å². The van der Waals surface area contributed by atoms with E-state index in [9.17, 15) is 0 Å². The van der Waals surface area contributed by atoms with Gasteiger partial charge in [-0.3, -0.25) is 0 Å². The maximum Gasteiger partial charge on any atom is 0.156 e. The monoisotopic (exact) mass is 460 g/mol. The molecular weight excluding hydrogens is 428 g/mol. The number of nitrogens with zero attached hydrogens (tertiary/aromatic N) is 8. The van der Waals surface area contributed by atoms with Gasteiger partial charge in [-0.15, -0.1) is 5.10 Å². The number of pyridine rings is 2. The lowest BCUT2D eigenvalue weighted by Gasteiger charge is -2.24. The summed E-state index contributed by atoms with van der Waals surface area (Å²) in [7, 11) is -1.59. The van der Waals surface area contributed by atoms with E-state index in [1.54, 1.807) is 22.0 Å².